The highest BCUT2D eigenvalue weighted by atomic mass is 32.2. The highest BCUT2D eigenvalue weighted by molar-refractivity contribution is 7.94. The Kier molecular flexibility index (Phi) is 6.40. The van der Waals surface area contributed by atoms with Gasteiger partial charge in [-0.3, -0.25) is 14.3 Å². The molecule has 3 N–H and O–H groups in total. The van der Waals surface area contributed by atoms with Crippen molar-refractivity contribution in [2.75, 3.05) is 31.0 Å². The topological polar surface area (TPSA) is 125 Å². The van der Waals surface area contributed by atoms with Crippen LogP contribution in [0.25, 0.3) is 0 Å². The Morgan fingerprint density at radius 1 is 1.24 bits per heavy atom. The van der Waals surface area contributed by atoms with Crippen LogP contribution in [0.15, 0.2) is 39.9 Å². The number of carbonyl (C=O) groups excluding carboxylic acids is 2. The predicted molar refractivity (Wildman–Crippen MR) is 108 cm³/mol. The fourth-order valence-corrected chi connectivity index (χ4v) is 4.85. The highest BCUT2D eigenvalue weighted by Gasteiger charge is 2.25. The van der Waals surface area contributed by atoms with E-state index < -0.39 is 27.7 Å². The van der Waals surface area contributed by atoms with Crippen LogP contribution in [0.2, 0.25) is 0 Å². The molecule has 0 radical (unpaired) electrons. The summed E-state index contributed by atoms with van der Waals surface area (Å²) >= 11 is 1.06. The van der Waals surface area contributed by atoms with Gasteiger partial charge in [0.1, 0.15) is 16.0 Å². The summed E-state index contributed by atoms with van der Waals surface area (Å²) in [5.41, 5.74) is 0.0515. The molecule has 1 aliphatic heterocycles. The average Bonchev–Trinajstić information content (AvgIpc) is 3.23. The molecule has 0 unspecified atom stereocenters. The van der Waals surface area contributed by atoms with Crippen molar-refractivity contribution in [1.82, 2.24) is 10.2 Å². The van der Waals surface area contributed by atoms with E-state index in [0.29, 0.717) is 26.3 Å². The molecule has 0 saturated carbocycles. The number of hydrogen-bond acceptors (Lipinski definition) is 7. The van der Waals surface area contributed by atoms with Crippen LogP contribution in [0.3, 0.4) is 0 Å². The Balaban J connectivity index is 1.66. The molecule has 9 nitrogen and oxygen atoms in total. The van der Waals surface area contributed by atoms with E-state index in [1.807, 2.05) is 0 Å². The maximum atomic E-state index is 12.4. The first-order valence-corrected chi connectivity index (χ1v) is 11.2. The first kappa shape index (κ1) is 21.1. The number of nitrogens with one attached hydrogen (secondary N) is 2. The molecule has 1 aromatic carbocycles. The van der Waals surface area contributed by atoms with Crippen molar-refractivity contribution < 1.29 is 27.9 Å². The number of thiophene rings is 1. The number of phenols is 1. The minimum absolute atomic E-state index is 0.0642. The van der Waals surface area contributed by atoms with Crippen molar-refractivity contribution in [3.05, 3.63) is 41.3 Å². The largest absolute Gasteiger partial charge is 0.507 e. The Bertz CT molecular complexity index is 985. The van der Waals surface area contributed by atoms with Crippen LogP contribution in [0, 0.1) is 0 Å². The van der Waals surface area contributed by atoms with E-state index >= 15 is 0 Å². The molecule has 3 rings (SSSR count). The maximum Gasteiger partial charge on any atom is 0.271 e. The Morgan fingerprint density at radius 2 is 1.97 bits per heavy atom. The van der Waals surface area contributed by atoms with Gasteiger partial charge in [-0.25, -0.2) is 8.42 Å². The second-order valence-corrected chi connectivity index (χ2v) is 9.26. The molecule has 1 fully saturated rings. The predicted octanol–water partition coefficient (Wildman–Crippen LogP) is 1.23. The number of carbonyl (C=O) groups is 2. The van der Waals surface area contributed by atoms with E-state index in [-0.39, 0.29) is 21.4 Å². The van der Waals surface area contributed by atoms with Gasteiger partial charge in [-0.1, -0.05) is 6.07 Å². The minimum atomic E-state index is -3.77. The van der Waals surface area contributed by atoms with Gasteiger partial charge in [-0.05, 0) is 30.5 Å². The number of amides is 2. The van der Waals surface area contributed by atoms with Crippen LogP contribution in [0.5, 0.6) is 5.75 Å². The van der Waals surface area contributed by atoms with Crippen molar-refractivity contribution in [2.24, 2.45) is 0 Å². The van der Waals surface area contributed by atoms with E-state index in [1.165, 1.54) is 18.2 Å². The van der Waals surface area contributed by atoms with Crippen molar-refractivity contribution in [3.63, 3.8) is 0 Å². The first-order valence-electron chi connectivity index (χ1n) is 8.84. The maximum absolute atomic E-state index is 12.4. The molecule has 0 bridgehead atoms. The van der Waals surface area contributed by atoms with Crippen molar-refractivity contribution >= 4 is 38.9 Å². The quantitative estimate of drug-likeness (QED) is 0.622. The zero-order valence-corrected chi connectivity index (χ0v) is 17.3. The fourth-order valence-electron chi connectivity index (χ4n) is 2.80. The lowest BCUT2D eigenvalue weighted by Crippen LogP contribution is -2.50. The van der Waals surface area contributed by atoms with Crippen molar-refractivity contribution in [1.29, 1.82) is 0 Å². The van der Waals surface area contributed by atoms with E-state index in [2.05, 4.69) is 10.0 Å². The SMILES string of the molecule is C[C@@H](NC(=O)c1ccc(NS(=O)(=O)c2cccs2)cc1O)C(=O)N1CCOCC1. The standard InChI is InChI=1S/C18H21N3O6S2/c1-12(18(24)21-6-8-27-9-7-21)19-17(23)14-5-4-13(11-15(14)22)20-29(25,26)16-3-2-10-28-16/h2-5,10-12,20,22H,6-9H2,1H3,(H,19,23)/t12-/m1/s1. The summed E-state index contributed by atoms with van der Waals surface area (Å²) in [5.74, 6) is -1.27. The Labute approximate surface area is 172 Å². The lowest BCUT2D eigenvalue weighted by atomic mass is 10.1. The summed E-state index contributed by atoms with van der Waals surface area (Å²) in [6.45, 7) is 3.40. The lowest BCUT2D eigenvalue weighted by Gasteiger charge is -2.29. The van der Waals surface area contributed by atoms with Gasteiger partial charge in [0.05, 0.1) is 24.5 Å². The monoisotopic (exact) mass is 439 g/mol. The number of benzene rings is 1. The van der Waals surface area contributed by atoms with E-state index in [4.69, 9.17) is 4.74 Å². The normalized spacial score (nSPS) is 15.6. The van der Waals surface area contributed by atoms with Crippen molar-refractivity contribution in [3.8, 4) is 5.75 Å². The summed E-state index contributed by atoms with van der Waals surface area (Å²) < 4.78 is 32.2. The highest BCUT2D eigenvalue weighted by Crippen LogP contribution is 2.25. The van der Waals surface area contributed by atoms with Crippen LogP contribution in [-0.2, 0) is 19.6 Å². The molecule has 0 spiro atoms. The summed E-state index contributed by atoms with van der Waals surface area (Å²) in [6, 6.07) is 6.11. The van der Waals surface area contributed by atoms with E-state index in [0.717, 1.165) is 17.4 Å². The molecule has 29 heavy (non-hydrogen) atoms. The smallest absolute Gasteiger partial charge is 0.271 e. The van der Waals surface area contributed by atoms with Crippen LogP contribution < -0.4 is 10.0 Å². The van der Waals surface area contributed by atoms with E-state index in [1.54, 1.807) is 23.3 Å². The molecule has 0 aliphatic carbocycles. The van der Waals surface area contributed by atoms with Gasteiger partial charge in [0.25, 0.3) is 15.9 Å². The number of ether oxygens (including phenoxy) is 1. The summed E-state index contributed by atoms with van der Waals surface area (Å²) in [6.07, 6.45) is 0. The third-order valence-electron chi connectivity index (χ3n) is 4.30. The minimum Gasteiger partial charge on any atom is -0.507 e. The van der Waals surface area contributed by atoms with Gasteiger partial charge in [0.15, 0.2) is 0 Å². The average molecular weight is 440 g/mol. The van der Waals surface area contributed by atoms with Gasteiger partial charge in [-0.2, -0.15) is 0 Å². The molecule has 1 atom stereocenters. The molecule has 1 saturated heterocycles. The van der Waals surface area contributed by atoms with E-state index in [9.17, 15) is 23.1 Å². The Hall–Kier alpha value is -2.63. The molecular weight excluding hydrogens is 418 g/mol. The zero-order chi connectivity index (χ0) is 21.0. The number of nitrogens with zero attached hydrogens (tertiary/aromatic N) is 1. The third kappa shape index (κ3) is 5.05. The Morgan fingerprint density at radius 3 is 2.59 bits per heavy atom. The van der Waals surface area contributed by atoms with Gasteiger partial charge in [0.2, 0.25) is 5.91 Å². The summed E-state index contributed by atoms with van der Waals surface area (Å²) in [4.78, 5) is 26.4. The molecule has 1 aliphatic rings. The van der Waals surface area contributed by atoms with Gasteiger partial charge >= 0.3 is 0 Å². The second-order valence-electron chi connectivity index (χ2n) is 6.40. The van der Waals surface area contributed by atoms with Crippen LogP contribution in [0.1, 0.15) is 17.3 Å². The van der Waals surface area contributed by atoms with Crippen LogP contribution in [-0.4, -0.2) is 62.6 Å². The lowest BCUT2D eigenvalue weighted by molar-refractivity contribution is -0.136. The molecular formula is C18H21N3O6S2. The van der Waals surface area contributed by atoms with Crippen molar-refractivity contribution in [2.45, 2.75) is 17.2 Å². The summed E-state index contributed by atoms with van der Waals surface area (Å²) in [5, 5.41) is 14.4. The molecule has 2 heterocycles. The number of rotatable bonds is 6. The number of morpholine rings is 1. The number of anilines is 1. The summed E-state index contributed by atoms with van der Waals surface area (Å²) in [7, 11) is -3.77. The second kappa shape index (κ2) is 8.80. The third-order valence-corrected chi connectivity index (χ3v) is 7.07. The van der Waals surface area contributed by atoms with Gasteiger partial charge < -0.3 is 20.1 Å². The fraction of sp³-hybridized carbons (Fsp3) is 0.333. The number of hydrogen-bond donors (Lipinski definition) is 3. The molecule has 2 amide bonds. The van der Waals surface area contributed by atoms with Gasteiger partial charge in [0, 0.05) is 19.2 Å². The number of sulfonamides is 1. The molecule has 2 aromatic rings. The van der Waals surface area contributed by atoms with Crippen LogP contribution >= 0.6 is 11.3 Å². The number of phenolic OH excluding ortho intramolecular Hbond substituents is 1. The molecule has 1 aromatic heterocycles. The number of aromatic hydroxyl groups is 1. The van der Waals surface area contributed by atoms with Gasteiger partial charge in [-0.15, -0.1) is 11.3 Å². The first-order chi connectivity index (χ1) is 13.8. The zero-order valence-electron chi connectivity index (χ0n) is 15.6. The molecule has 156 valence electrons. The van der Waals surface area contributed by atoms with Crippen LogP contribution in [0.4, 0.5) is 5.69 Å². The molecule has 11 heteroatoms.